The lowest BCUT2D eigenvalue weighted by Crippen LogP contribution is -2.26. The molecule has 2 aromatic rings. The fourth-order valence-corrected chi connectivity index (χ4v) is 2.40. The lowest BCUT2D eigenvalue weighted by atomic mass is 10.1. The number of carbonyl (C=O) groups is 1. The van der Waals surface area contributed by atoms with E-state index < -0.39 is 0 Å². The maximum atomic E-state index is 11.8. The SMILES string of the molecule is O=C(/C=C/c1ccc2c(c1)CCO2)NCCOc1ccccc1. The molecule has 23 heavy (non-hydrogen) atoms. The van der Waals surface area contributed by atoms with Crippen LogP contribution in [-0.4, -0.2) is 25.7 Å². The van der Waals surface area contributed by atoms with Crippen molar-refractivity contribution < 1.29 is 14.3 Å². The normalized spacial score (nSPS) is 12.7. The summed E-state index contributed by atoms with van der Waals surface area (Å²) in [4.78, 5) is 11.8. The summed E-state index contributed by atoms with van der Waals surface area (Å²) in [5.74, 6) is 1.63. The van der Waals surface area contributed by atoms with Gasteiger partial charge in [-0.3, -0.25) is 4.79 Å². The quantitative estimate of drug-likeness (QED) is 0.659. The van der Waals surface area contributed by atoms with E-state index in [0.29, 0.717) is 13.2 Å². The van der Waals surface area contributed by atoms with Gasteiger partial charge in [0.05, 0.1) is 13.2 Å². The molecule has 0 unspecified atom stereocenters. The van der Waals surface area contributed by atoms with Crippen LogP contribution in [0.4, 0.5) is 0 Å². The number of benzene rings is 2. The van der Waals surface area contributed by atoms with Crippen molar-refractivity contribution in [2.45, 2.75) is 6.42 Å². The van der Waals surface area contributed by atoms with Crippen molar-refractivity contribution in [3.05, 3.63) is 65.7 Å². The molecule has 0 atom stereocenters. The molecule has 3 rings (SSSR count). The van der Waals surface area contributed by atoms with Gasteiger partial charge >= 0.3 is 0 Å². The maximum Gasteiger partial charge on any atom is 0.244 e. The standard InChI is InChI=1S/C19H19NO3/c21-19(20-11-13-22-17-4-2-1-3-5-17)9-7-15-6-8-18-16(14-15)10-12-23-18/h1-9,14H,10-13H2,(H,20,21)/b9-7+. The summed E-state index contributed by atoms with van der Waals surface area (Å²) in [6.45, 7) is 1.65. The van der Waals surface area contributed by atoms with Crippen molar-refractivity contribution >= 4 is 12.0 Å². The van der Waals surface area contributed by atoms with Crippen LogP contribution in [0.15, 0.2) is 54.6 Å². The van der Waals surface area contributed by atoms with Crippen molar-refractivity contribution in [3.63, 3.8) is 0 Å². The van der Waals surface area contributed by atoms with Crippen molar-refractivity contribution in [1.29, 1.82) is 0 Å². The molecule has 1 amide bonds. The molecule has 1 aliphatic rings. The lowest BCUT2D eigenvalue weighted by Gasteiger charge is -2.06. The summed E-state index contributed by atoms with van der Waals surface area (Å²) in [5.41, 5.74) is 2.20. The molecule has 118 valence electrons. The van der Waals surface area contributed by atoms with Gasteiger partial charge in [0.15, 0.2) is 0 Å². The first-order valence-electron chi connectivity index (χ1n) is 7.71. The van der Waals surface area contributed by atoms with Crippen LogP contribution in [0.3, 0.4) is 0 Å². The highest BCUT2D eigenvalue weighted by Crippen LogP contribution is 2.26. The van der Waals surface area contributed by atoms with Crippen LogP contribution in [0.2, 0.25) is 0 Å². The van der Waals surface area contributed by atoms with Gasteiger partial charge in [-0.25, -0.2) is 0 Å². The Balaban J connectivity index is 1.42. The Kier molecular flexibility index (Phi) is 4.94. The third kappa shape index (κ3) is 4.36. The van der Waals surface area contributed by atoms with Crippen LogP contribution < -0.4 is 14.8 Å². The Labute approximate surface area is 135 Å². The highest BCUT2D eigenvalue weighted by molar-refractivity contribution is 5.91. The minimum absolute atomic E-state index is 0.126. The predicted molar refractivity (Wildman–Crippen MR) is 89.6 cm³/mol. The Morgan fingerprint density at radius 1 is 1.22 bits per heavy atom. The van der Waals surface area contributed by atoms with E-state index in [1.54, 1.807) is 6.08 Å². The molecule has 0 bridgehead atoms. The monoisotopic (exact) mass is 309 g/mol. The summed E-state index contributed by atoms with van der Waals surface area (Å²) < 4.78 is 11.0. The van der Waals surface area contributed by atoms with Gasteiger partial charge in [0.1, 0.15) is 18.1 Å². The minimum Gasteiger partial charge on any atom is -0.493 e. The zero-order valence-corrected chi connectivity index (χ0v) is 12.8. The second-order valence-electron chi connectivity index (χ2n) is 5.25. The predicted octanol–water partition coefficient (Wildman–Crippen LogP) is 2.83. The second kappa shape index (κ2) is 7.49. The molecular weight excluding hydrogens is 290 g/mol. The van der Waals surface area contributed by atoms with Gasteiger partial charge in [0.25, 0.3) is 0 Å². The number of rotatable bonds is 6. The number of carbonyl (C=O) groups excluding carboxylic acids is 1. The van der Waals surface area contributed by atoms with Gasteiger partial charge in [0.2, 0.25) is 5.91 Å². The highest BCUT2D eigenvalue weighted by atomic mass is 16.5. The number of para-hydroxylation sites is 1. The van der Waals surface area contributed by atoms with E-state index in [1.807, 2.05) is 48.5 Å². The minimum atomic E-state index is -0.126. The summed E-state index contributed by atoms with van der Waals surface area (Å²) in [5, 5.41) is 2.80. The van der Waals surface area contributed by atoms with Gasteiger partial charge in [-0.2, -0.15) is 0 Å². The number of hydrogen-bond acceptors (Lipinski definition) is 3. The molecule has 2 aromatic carbocycles. The second-order valence-corrected chi connectivity index (χ2v) is 5.25. The van der Waals surface area contributed by atoms with E-state index in [0.717, 1.165) is 30.1 Å². The molecule has 0 radical (unpaired) electrons. The Bertz CT molecular complexity index is 695. The zero-order chi connectivity index (χ0) is 15.9. The summed E-state index contributed by atoms with van der Waals surface area (Å²) in [6.07, 6.45) is 4.28. The molecule has 0 saturated heterocycles. The fourth-order valence-electron chi connectivity index (χ4n) is 2.40. The van der Waals surface area contributed by atoms with Crippen molar-refractivity contribution in [1.82, 2.24) is 5.32 Å². The highest BCUT2D eigenvalue weighted by Gasteiger charge is 2.11. The van der Waals surface area contributed by atoms with Crippen LogP contribution >= 0.6 is 0 Å². The number of amides is 1. The fraction of sp³-hybridized carbons (Fsp3) is 0.211. The Hall–Kier alpha value is -2.75. The molecule has 1 aliphatic heterocycles. The molecular formula is C19H19NO3. The number of nitrogens with one attached hydrogen (secondary N) is 1. The first-order chi connectivity index (χ1) is 11.3. The molecule has 1 N–H and O–H groups in total. The van der Waals surface area contributed by atoms with Gasteiger partial charge in [-0.15, -0.1) is 0 Å². The Morgan fingerprint density at radius 2 is 2.09 bits per heavy atom. The topological polar surface area (TPSA) is 47.6 Å². The largest absolute Gasteiger partial charge is 0.493 e. The summed E-state index contributed by atoms with van der Waals surface area (Å²) in [7, 11) is 0. The molecule has 0 aromatic heterocycles. The summed E-state index contributed by atoms with van der Waals surface area (Å²) in [6, 6.07) is 15.5. The number of fused-ring (bicyclic) bond motifs is 1. The molecule has 0 fully saturated rings. The van der Waals surface area contributed by atoms with Crippen molar-refractivity contribution in [3.8, 4) is 11.5 Å². The van der Waals surface area contributed by atoms with Gasteiger partial charge in [0, 0.05) is 12.5 Å². The first-order valence-corrected chi connectivity index (χ1v) is 7.71. The average molecular weight is 309 g/mol. The Morgan fingerprint density at radius 3 is 2.96 bits per heavy atom. The van der Waals surface area contributed by atoms with E-state index in [4.69, 9.17) is 9.47 Å². The van der Waals surface area contributed by atoms with Crippen LogP contribution in [0.1, 0.15) is 11.1 Å². The zero-order valence-electron chi connectivity index (χ0n) is 12.8. The van der Waals surface area contributed by atoms with E-state index in [1.165, 1.54) is 5.56 Å². The molecule has 0 saturated carbocycles. The third-order valence-electron chi connectivity index (χ3n) is 3.55. The van der Waals surface area contributed by atoms with Crippen LogP contribution in [0, 0.1) is 0 Å². The van der Waals surface area contributed by atoms with Gasteiger partial charge in [-0.1, -0.05) is 24.3 Å². The van der Waals surface area contributed by atoms with E-state index >= 15 is 0 Å². The number of hydrogen-bond donors (Lipinski definition) is 1. The van der Waals surface area contributed by atoms with Gasteiger partial charge < -0.3 is 14.8 Å². The van der Waals surface area contributed by atoms with Crippen LogP contribution in [0.25, 0.3) is 6.08 Å². The molecule has 1 heterocycles. The van der Waals surface area contributed by atoms with E-state index in [9.17, 15) is 4.79 Å². The lowest BCUT2D eigenvalue weighted by molar-refractivity contribution is -0.116. The summed E-state index contributed by atoms with van der Waals surface area (Å²) >= 11 is 0. The average Bonchev–Trinajstić information content (AvgIpc) is 3.05. The van der Waals surface area contributed by atoms with Gasteiger partial charge in [-0.05, 0) is 41.5 Å². The van der Waals surface area contributed by atoms with Crippen LogP contribution in [-0.2, 0) is 11.2 Å². The third-order valence-corrected chi connectivity index (χ3v) is 3.55. The first kappa shape index (κ1) is 15.2. The molecule has 0 aliphatic carbocycles. The smallest absolute Gasteiger partial charge is 0.244 e. The molecule has 4 nitrogen and oxygen atoms in total. The molecule has 0 spiro atoms. The van der Waals surface area contributed by atoms with Crippen LogP contribution in [0.5, 0.6) is 11.5 Å². The van der Waals surface area contributed by atoms with Crippen molar-refractivity contribution in [2.75, 3.05) is 19.8 Å². The van der Waals surface area contributed by atoms with E-state index in [-0.39, 0.29) is 5.91 Å². The number of ether oxygens (including phenoxy) is 2. The molecule has 4 heteroatoms. The van der Waals surface area contributed by atoms with Crippen molar-refractivity contribution in [2.24, 2.45) is 0 Å². The maximum absolute atomic E-state index is 11.8. The van der Waals surface area contributed by atoms with E-state index in [2.05, 4.69) is 11.4 Å².